The van der Waals surface area contributed by atoms with E-state index in [1.165, 1.54) is 16.4 Å². The Morgan fingerprint density at radius 3 is 2.64 bits per heavy atom. The summed E-state index contributed by atoms with van der Waals surface area (Å²) >= 11 is 0. The van der Waals surface area contributed by atoms with Gasteiger partial charge in [-0.2, -0.15) is 4.31 Å². The Morgan fingerprint density at radius 2 is 1.96 bits per heavy atom. The van der Waals surface area contributed by atoms with Crippen molar-refractivity contribution in [2.24, 2.45) is 11.3 Å². The third-order valence-electron chi connectivity index (χ3n) is 6.33. The molecule has 3 aliphatic rings. The van der Waals surface area contributed by atoms with Gasteiger partial charge in [0.25, 0.3) is 0 Å². The van der Waals surface area contributed by atoms with Crippen LogP contribution in [0.1, 0.15) is 18.4 Å². The molecule has 5 nitrogen and oxygen atoms in total. The van der Waals surface area contributed by atoms with Gasteiger partial charge in [-0.1, -0.05) is 6.07 Å². The van der Waals surface area contributed by atoms with Crippen LogP contribution >= 0.6 is 0 Å². The second-order valence-corrected chi connectivity index (χ2v) is 9.72. The number of hydrogen-bond acceptors (Lipinski definition) is 4. The molecule has 4 rings (SSSR count). The van der Waals surface area contributed by atoms with Crippen molar-refractivity contribution in [3.8, 4) is 0 Å². The smallest absolute Gasteiger partial charge is 0.246 e. The van der Waals surface area contributed by atoms with Crippen molar-refractivity contribution in [1.82, 2.24) is 9.21 Å². The molecule has 3 heterocycles. The van der Waals surface area contributed by atoms with Crippen LogP contribution in [0.2, 0.25) is 0 Å². The van der Waals surface area contributed by atoms with E-state index in [1.807, 2.05) is 0 Å². The fourth-order valence-corrected chi connectivity index (χ4v) is 6.54. The molecule has 3 aliphatic heterocycles. The predicted molar refractivity (Wildman–Crippen MR) is 92.3 cm³/mol. The Balaban J connectivity index is 1.70. The molecule has 0 saturated carbocycles. The summed E-state index contributed by atoms with van der Waals surface area (Å²) in [7, 11) is -1.77. The van der Waals surface area contributed by atoms with E-state index >= 15 is 0 Å². The lowest BCUT2D eigenvalue weighted by atomic mass is 9.70. The van der Waals surface area contributed by atoms with E-state index in [9.17, 15) is 12.8 Å². The summed E-state index contributed by atoms with van der Waals surface area (Å²) in [5.74, 6) is -0.454. The highest BCUT2D eigenvalue weighted by molar-refractivity contribution is 7.89. The second-order valence-electron chi connectivity index (χ2n) is 7.86. The Bertz CT molecular complexity index is 775. The van der Waals surface area contributed by atoms with Gasteiger partial charge in [0.05, 0.1) is 19.3 Å². The maximum atomic E-state index is 14.4. The van der Waals surface area contributed by atoms with Crippen LogP contribution in [0, 0.1) is 24.1 Å². The predicted octanol–water partition coefficient (Wildman–Crippen LogP) is 1.87. The summed E-state index contributed by atoms with van der Waals surface area (Å²) in [6.07, 6.45) is 1.94. The van der Waals surface area contributed by atoms with Crippen molar-refractivity contribution < 1.29 is 17.5 Å². The minimum absolute atomic E-state index is 0.0398. The highest BCUT2D eigenvalue weighted by atomic mass is 32.2. The van der Waals surface area contributed by atoms with E-state index in [2.05, 4.69) is 11.9 Å². The van der Waals surface area contributed by atoms with Crippen LogP contribution in [-0.2, 0) is 14.8 Å². The third kappa shape index (κ3) is 2.72. The molecule has 1 aromatic carbocycles. The molecular weight excluding hydrogens is 343 g/mol. The van der Waals surface area contributed by atoms with Gasteiger partial charge in [-0.15, -0.1) is 0 Å². The zero-order chi connectivity index (χ0) is 17.8. The van der Waals surface area contributed by atoms with E-state index in [0.717, 1.165) is 25.9 Å². The van der Waals surface area contributed by atoms with E-state index in [1.54, 1.807) is 13.0 Å². The van der Waals surface area contributed by atoms with Gasteiger partial charge in [0.15, 0.2) is 0 Å². The summed E-state index contributed by atoms with van der Waals surface area (Å²) in [5, 5.41) is 0. The largest absolute Gasteiger partial charge is 0.379 e. The zero-order valence-corrected chi connectivity index (χ0v) is 15.6. The topological polar surface area (TPSA) is 49.9 Å². The number of sulfonamides is 1. The normalized spacial score (nSPS) is 30.0. The summed E-state index contributed by atoms with van der Waals surface area (Å²) in [4.78, 5) is 2.07. The number of halogens is 1. The first kappa shape index (κ1) is 17.4. The first-order valence-electron chi connectivity index (χ1n) is 8.88. The number of piperidine rings is 1. The molecule has 0 aliphatic carbocycles. The highest BCUT2D eigenvalue weighted by Gasteiger charge is 2.58. The summed E-state index contributed by atoms with van der Waals surface area (Å²) in [6, 6.07) is 4.16. The van der Waals surface area contributed by atoms with Crippen LogP contribution in [0.15, 0.2) is 23.1 Å². The molecule has 0 unspecified atom stereocenters. The van der Waals surface area contributed by atoms with E-state index in [4.69, 9.17) is 4.74 Å². The van der Waals surface area contributed by atoms with Crippen LogP contribution < -0.4 is 0 Å². The van der Waals surface area contributed by atoms with Crippen molar-refractivity contribution in [3.05, 3.63) is 29.6 Å². The average molecular weight is 368 g/mol. The quantitative estimate of drug-likeness (QED) is 0.800. The molecule has 0 N–H and O–H groups in total. The summed E-state index contributed by atoms with van der Waals surface area (Å²) in [6.45, 7) is 5.19. The zero-order valence-electron chi connectivity index (χ0n) is 14.7. The van der Waals surface area contributed by atoms with Gasteiger partial charge in [0.2, 0.25) is 10.0 Å². The summed E-state index contributed by atoms with van der Waals surface area (Å²) in [5.41, 5.74) is 0.675. The molecule has 138 valence electrons. The van der Waals surface area contributed by atoms with Crippen molar-refractivity contribution in [1.29, 1.82) is 0 Å². The lowest BCUT2D eigenvalue weighted by Crippen LogP contribution is -2.43. The highest BCUT2D eigenvalue weighted by Crippen LogP contribution is 2.51. The molecule has 7 heteroatoms. The maximum absolute atomic E-state index is 14.4. The van der Waals surface area contributed by atoms with Gasteiger partial charge in [0.1, 0.15) is 10.7 Å². The fourth-order valence-electron chi connectivity index (χ4n) is 4.75. The van der Waals surface area contributed by atoms with E-state index in [0.29, 0.717) is 25.3 Å². The number of rotatable bonds is 2. The van der Waals surface area contributed by atoms with Crippen LogP contribution in [0.5, 0.6) is 0 Å². The lowest BCUT2D eigenvalue weighted by molar-refractivity contribution is 0.0655. The molecule has 0 amide bonds. The molecule has 0 radical (unpaired) electrons. The SMILES string of the molecule is Cc1ccc(S(=O)(=O)N2CC3(CCN(C)CC3)[C@H]3COC[C@H]32)c(F)c1. The molecule has 0 bridgehead atoms. The lowest BCUT2D eigenvalue weighted by Gasteiger charge is -2.40. The van der Waals surface area contributed by atoms with Gasteiger partial charge >= 0.3 is 0 Å². The number of nitrogens with zero attached hydrogens (tertiary/aromatic N) is 2. The van der Waals surface area contributed by atoms with Gasteiger partial charge in [-0.05, 0) is 63.0 Å². The molecular formula is C18H25FN2O3S. The number of benzene rings is 1. The van der Waals surface area contributed by atoms with E-state index < -0.39 is 15.8 Å². The monoisotopic (exact) mass is 368 g/mol. The Labute approximate surface area is 148 Å². The van der Waals surface area contributed by atoms with Gasteiger partial charge in [-0.25, -0.2) is 12.8 Å². The minimum atomic E-state index is -3.86. The first-order chi connectivity index (χ1) is 11.8. The summed E-state index contributed by atoms with van der Waals surface area (Å²) < 4.78 is 48.0. The van der Waals surface area contributed by atoms with Crippen LogP contribution in [0.3, 0.4) is 0 Å². The first-order valence-corrected chi connectivity index (χ1v) is 10.3. The van der Waals surface area contributed by atoms with Gasteiger partial charge < -0.3 is 9.64 Å². The Kier molecular flexibility index (Phi) is 4.18. The molecule has 3 saturated heterocycles. The average Bonchev–Trinajstić information content (AvgIpc) is 3.13. The minimum Gasteiger partial charge on any atom is -0.379 e. The number of ether oxygens (including phenoxy) is 1. The Morgan fingerprint density at radius 1 is 1.24 bits per heavy atom. The van der Waals surface area contributed by atoms with Gasteiger partial charge in [-0.3, -0.25) is 0 Å². The standard InChI is InChI=1S/C18H25FN2O3S/c1-13-3-4-17(15(19)9-13)25(22,23)21-12-18(5-7-20(2)8-6-18)14-10-24-11-16(14)21/h3-4,9,14,16H,5-8,10-12H2,1-2H3/t14-,16+/m0/s1. The Hall–Kier alpha value is -1.02. The molecule has 1 aromatic rings. The van der Waals surface area contributed by atoms with Crippen molar-refractivity contribution >= 4 is 10.0 Å². The van der Waals surface area contributed by atoms with Crippen molar-refractivity contribution in [3.63, 3.8) is 0 Å². The van der Waals surface area contributed by atoms with Crippen molar-refractivity contribution in [2.45, 2.75) is 30.7 Å². The molecule has 2 atom stereocenters. The number of fused-ring (bicyclic) bond motifs is 2. The third-order valence-corrected chi connectivity index (χ3v) is 8.24. The second kappa shape index (κ2) is 6.01. The van der Waals surface area contributed by atoms with Crippen molar-refractivity contribution in [2.75, 3.05) is 39.9 Å². The fraction of sp³-hybridized carbons (Fsp3) is 0.667. The molecule has 25 heavy (non-hydrogen) atoms. The number of hydrogen-bond donors (Lipinski definition) is 0. The van der Waals surface area contributed by atoms with Crippen LogP contribution in [0.25, 0.3) is 0 Å². The van der Waals surface area contributed by atoms with E-state index in [-0.39, 0.29) is 22.3 Å². The number of likely N-dealkylation sites (tertiary alicyclic amines) is 1. The maximum Gasteiger partial charge on any atom is 0.246 e. The van der Waals surface area contributed by atoms with Crippen LogP contribution in [-0.4, -0.2) is 63.6 Å². The molecule has 1 spiro atoms. The van der Waals surface area contributed by atoms with Crippen LogP contribution in [0.4, 0.5) is 4.39 Å². The molecule has 3 fully saturated rings. The van der Waals surface area contributed by atoms with Gasteiger partial charge in [0, 0.05) is 12.5 Å². The number of aryl methyl sites for hydroxylation is 1. The molecule has 0 aromatic heterocycles.